The summed E-state index contributed by atoms with van der Waals surface area (Å²) in [6, 6.07) is 8.32. The van der Waals surface area contributed by atoms with Gasteiger partial charge in [-0.2, -0.15) is 11.8 Å². The second-order valence-corrected chi connectivity index (χ2v) is 7.78. The van der Waals surface area contributed by atoms with E-state index in [4.69, 9.17) is 0 Å². The average Bonchev–Trinajstić information content (AvgIpc) is 3.23. The van der Waals surface area contributed by atoms with E-state index in [9.17, 15) is 4.79 Å². The lowest BCUT2D eigenvalue weighted by Crippen LogP contribution is -2.49. The van der Waals surface area contributed by atoms with Gasteiger partial charge in [-0.1, -0.05) is 12.1 Å². The number of amides is 1. The lowest BCUT2D eigenvalue weighted by atomic mass is 10.0. The van der Waals surface area contributed by atoms with Crippen molar-refractivity contribution in [3.8, 4) is 5.69 Å². The first-order valence-electron chi connectivity index (χ1n) is 8.88. The van der Waals surface area contributed by atoms with Gasteiger partial charge in [0, 0.05) is 43.7 Å². The Hall–Kier alpha value is -1.86. The summed E-state index contributed by atoms with van der Waals surface area (Å²) in [5.41, 5.74) is 1.56. The Bertz CT molecular complexity index is 706. The molecule has 2 fully saturated rings. The van der Waals surface area contributed by atoms with Crippen molar-refractivity contribution in [3.63, 3.8) is 0 Å². The van der Waals surface area contributed by atoms with Crippen molar-refractivity contribution in [2.75, 3.05) is 37.7 Å². The third-order valence-corrected chi connectivity index (χ3v) is 6.09. The number of thioether (sulfide) groups is 1. The summed E-state index contributed by atoms with van der Waals surface area (Å²) in [5.74, 6) is 2.59. The molecule has 2 saturated heterocycles. The van der Waals surface area contributed by atoms with E-state index < -0.39 is 0 Å². The second kappa shape index (κ2) is 7.58. The van der Waals surface area contributed by atoms with Crippen LogP contribution in [0.15, 0.2) is 36.9 Å². The van der Waals surface area contributed by atoms with Crippen LogP contribution >= 0.6 is 11.8 Å². The van der Waals surface area contributed by atoms with Gasteiger partial charge in [0.1, 0.15) is 12.7 Å². The number of para-hydroxylation sites is 1. The molecule has 2 aliphatic rings. The first kappa shape index (κ1) is 16.6. The van der Waals surface area contributed by atoms with Gasteiger partial charge in [-0.15, -0.1) is 10.2 Å². The van der Waals surface area contributed by atoms with Gasteiger partial charge in [-0.25, -0.2) is 0 Å². The van der Waals surface area contributed by atoms with Gasteiger partial charge < -0.3 is 4.90 Å². The predicted octanol–water partition coefficient (Wildman–Crippen LogP) is 1.92. The zero-order valence-corrected chi connectivity index (χ0v) is 15.1. The van der Waals surface area contributed by atoms with Crippen LogP contribution in [-0.2, 0) is 0 Å². The van der Waals surface area contributed by atoms with Gasteiger partial charge in [0.25, 0.3) is 5.91 Å². The molecule has 0 unspecified atom stereocenters. The van der Waals surface area contributed by atoms with E-state index in [-0.39, 0.29) is 5.91 Å². The molecule has 0 radical (unpaired) electrons. The zero-order valence-electron chi connectivity index (χ0n) is 14.3. The zero-order chi connectivity index (χ0) is 17.1. The molecule has 0 saturated carbocycles. The Labute approximate surface area is 152 Å². The number of likely N-dealkylation sites (tertiary alicyclic amines) is 1. The minimum atomic E-state index is 0.108. The molecular weight excluding hydrogens is 334 g/mol. The summed E-state index contributed by atoms with van der Waals surface area (Å²) in [5, 5.41) is 7.71. The third-order valence-electron chi connectivity index (χ3n) is 5.15. The maximum absolute atomic E-state index is 13.1. The van der Waals surface area contributed by atoms with Crippen LogP contribution in [0.1, 0.15) is 23.2 Å². The molecule has 1 amide bonds. The molecule has 0 N–H and O–H groups in total. The number of piperidine rings is 1. The molecule has 132 valence electrons. The number of hydrogen-bond acceptors (Lipinski definition) is 5. The van der Waals surface area contributed by atoms with E-state index in [1.54, 1.807) is 17.2 Å². The SMILES string of the molecule is O=C(c1ccccc1-n1cnnc1)N1CCC(N2CCSCC2)CC1. The van der Waals surface area contributed by atoms with Crippen molar-refractivity contribution in [2.45, 2.75) is 18.9 Å². The summed E-state index contributed by atoms with van der Waals surface area (Å²) < 4.78 is 1.80. The Morgan fingerprint density at radius 1 is 1.00 bits per heavy atom. The average molecular weight is 357 g/mol. The van der Waals surface area contributed by atoms with Gasteiger partial charge in [0.05, 0.1) is 11.3 Å². The molecule has 2 aliphatic heterocycles. The smallest absolute Gasteiger partial charge is 0.255 e. The fourth-order valence-electron chi connectivity index (χ4n) is 3.75. The Morgan fingerprint density at radius 3 is 2.40 bits per heavy atom. The summed E-state index contributed by atoms with van der Waals surface area (Å²) in [6.45, 7) is 4.06. The Morgan fingerprint density at radius 2 is 1.68 bits per heavy atom. The van der Waals surface area contributed by atoms with Crippen molar-refractivity contribution in [1.29, 1.82) is 0 Å². The van der Waals surface area contributed by atoms with Crippen molar-refractivity contribution in [2.24, 2.45) is 0 Å². The molecule has 0 atom stereocenters. The number of aromatic nitrogens is 3. The minimum Gasteiger partial charge on any atom is -0.338 e. The first-order valence-corrected chi connectivity index (χ1v) is 10.0. The number of nitrogens with zero attached hydrogens (tertiary/aromatic N) is 5. The molecule has 0 bridgehead atoms. The molecule has 0 spiro atoms. The molecule has 7 heteroatoms. The highest BCUT2D eigenvalue weighted by molar-refractivity contribution is 7.99. The van der Waals surface area contributed by atoms with Gasteiger partial charge in [-0.05, 0) is 25.0 Å². The molecule has 1 aromatic carbocycles. The van der Waals surface area contributed by atoms with E-state index in [0.717, 1.165) is 37.2 Å². The van der Waals surface area contributed by atoms with Gasteiger partial charge >= 0.3 is 0 Å². The highest BCUT2D eigenvalue weighted by Gasteiger charge is 2.29. The van der Waals surface area contributed by atoms with Crippen molar-refractivity contribution in [3.05, 3.63) is 42.5 Å². The number of benzene rings is 1. The Balaban J connectivity index is 1.44. The van der Waals surface area contributed by atoms with Gasteiger partial charge in [-0.3, -0.25) is 14.3 Å². The molecule has 25 heavy (non-hydrogen) atoms. The fourth-order valence-corrected chi connectivity index (χ4v) is 4.68. The largest absolute Gasteiger partial charge is 0.338 e. The van der Waals surface area contributed by atoms with Crippen LogP contribution < -0.4 is 0 Å². The third kappa shape index (κ3) is 3.57. The lowest BCUT2D eigenvalue weighted by molar-refractivity contribution is 0.0631. The second-order valence-electron chi connectivity index (χ2n) is 6.56. The van der Waals surface area contributed by atoms with Crippen LogP contribution in [0.25, 0.3) is 5.69 Å². The van der Waals surface area contributed by atoms with E-state index >= 15 is 0 Å². The van der Waals surface area contributed by atoms with Crippen molar-refractivity contribution >= 4 is 17.7 Å². The summed E-state index contributed by atoms with van der Waals surface area (Å²) in [6.07, 6.45) is 5.41. The van der Waals surface area contributed by atoms with Crippen LogP contribution in [-0.4, -0.2) is 74.2 Å². The molecule has 0 aliphatic carbocycles. The Kier molecular flexibility index (Phi) is 5.03. The minimum absolute atomic E-state index is 0.108. The standard InChI is InChI=1S/C18H23N5OS/c24-18(16-3-1-2-4-17(16)23-13-19-20-14-23)22-7-5-15(6-8-22)21-9-11-25-12-10-21/h1-4,13-15H,5-12H2. The maximum atomic E-state index is 13.1. The summed E-state index contributed by atoms with van der Waals surface area (Å²) in [4.78, 5) is 17.7. The molecule has 1 aromatic heterocycles. The van der Waals surface area contributed by atoms with Crippen molar-refractivity contribution in [1.82, 2.24) is 24.6 Å². The number of hydrogen-bond donors (Lipinski definition) is 0. The normalized spacial score (nSPS) is 19.9. The van der Waals surface area contributed by atoms with E-state index in [1.165, 1.54) is 24.6 Å². The molecule has 4 rings (SSSR count). The predicted molar refractivity (Wildman–Crippen MR) is 99.2 cm³/mol. The van der Waals surface area contributed by atoms with Crippen LogP contribution in [0, 0.1) is 0 Å². The van der Waals surface area contributed by atoms with Gasteiger partial charge in [0.15, 0.2) is 0 Å². The molecule has 6 nitrogen and oxygen atoms in total. The van der Waals surface area contributed by atoms with E-state index in [1.807, 2.05) is 40.9 Å². The summed E-state index contributed by atoms with van der Waals surface area (Å²) >= 11 is 2.05. The molecule has 2 aromatic rings. The highest BCUT2D eigenvalue weighted by atomic mass is 32.2. The van der Waals surface area contributed by atoms with Crippen LogP contribution in [0.3, 0.4) is 0 Å². The van der Waals surface area contributed by atoms with E-state index in [0.29, 0.717) is 6.04 Å². The van der Waals surface area contributed by atoms with Crippen LogP contribution in [0.4, 0.5) is 0 Å². The van der Waals surface area contributed by atoms with Crippen LogP contribution in [0.2, 0.25) is 0 Å². The monoisotopic (exact) mass is 357 g/mol. The lowest BCUT2D eigenvalue weighted by Gasteiger charge is -2.40. The highest BCUT2D eigenvalue weighted by Crippen LogP contribution is 2.23. The summed E-state index contributed by atoms with van der Waals surface area (Å²) in [7, 11) is 0. The van der Waals surface area contributed by atoms with E-state index in [2.05, 4.69) is 15.1 Å². The molecule has 3 heterocycles. The number of carbonyl (C=O) groups is 1. The number of carbonyl (C=O) groups excluding carboxylic acids is 1. The fraction of sp³-hybridized carbons (Fsp3) is 0.500. The quantitative estimate of drug-likeness (QED) is 0.840. The van der Waals surface area contributed by atoms with Gasteiger partial charge in [0.2, 0.25) is 0 Å². The molecular formula is C18H23N5OS. The maximum Gasteiger partial charge on any atom is 0.255 e. The topological polar surface area (TPSA) is 54.3 Å². The van der Waals surface area contributed by atoms with Crippen molar-refractivity contribution < 1.29 is 4.79 Å². The first-order chi connectivity index (χ1) is 12.3. The number of rotatable bonds is 3. The van der Waals surface area contributed by atoms with Crippen LogP contribution in [0.5, 0.6) is 0 Å².